The predicted molar refractivity (Wildman–Crippen MR) is 53.3 cm³/mol. The van der Waals surface area contributed by atoms with Crippen molar-refractivity contribution < 1.29 is 14.6 Å². The quantitative estimate of drug-likeness (QED) is 0.630. The summed E-state index contributed by atoms with van der Waals surface area (Å²) in [7, 11) is 0. The number of rotatable bonds is 6. The lowest BCUT2D eigenvalue weighted by Crippen LogP contribution is -2.34. The molecule has 4 heteroatoms. The highest BCUT2D eigenvalue weighted by Crippen LogP contribution is 2.16. The summed E-state index contributed by atoms with van der Waals surface area (Å²) in [4.78, 5) is 10.5. The highest BCUT2D eigenvalue weighted by Gasteiger charge is 2.15. The van der Waals surface area contributed by atoms with Gasteiger partial charge in [0, 0.05) is 6.61 Å². The number of hydrogen-bond donors (Lipinski definition) is 2. The fourth-order valence-corrected chi connectivity index (χ4v) is 1.61. The van der Waals surface area contributed by atoms with Gasteiger partial charge >= 0.3 is 5.97 Å². The van der Waals surface area contributed by atoms with Crippen LogP contribution in [-0.2, 0) is 9.53 Å². The predicted octanol–water partition coefficient (Wildman–Crippen LogP) is 1.01. The van der Waals surface area contributed by atoms with E-state index >= 15 is 0 Å². The van der Waals surface area contributed by atoms with Crippen LogP contribution in [0.15, 0.2) is 0 Å². The van der Waals surface area contributed by atoms with E-state index in [9.17, 15) is 4.79 Å². The van der Waals surface area contributed by atoms with Crippen LogP contribution in [-0.4, -0.2) is 36.4 Å². The van der Waals surface area contributed by atoms with Crippen molar-refractivity contribution >= 4 is 5.97 Å². The van der Waals surface area contributed by atoms with E-state index in [1.807, 2.05) is 0 Å². The fraction of sp³-hybridized carbons (Fsp3) is 0.900. The van der Waals surface area contributed by atoms with Gasteiger partial charge in [0.05, 0.1) is 6.10 Å². The summed E-state index contributed by atoms with van der Waals surface area (Å²) in [5, 5.41) is 11.6. The Morgan fingerprint density at radius 3 is 3.07 bits per heavy atom. The zero-order valence-corrected chi connectivity index (χ0v) is 8.66. The maximum absolute atomic E-state index is 10.5. The Bertz CT molecular complexity index is 178. The Hall–Kier alpha value is -0.610. The molecule has 1 aliphatic heterocycles. The molecule has 2 unspecified atom stereocenters. The first-order chi connectivity index (χ1) is 6.70. The summed E-state index contributed by atoms with van der Waals surface area (Å²) >= 11 is 0. The normalized spacial score (nSPS) is 23.6. The second-order valence-electron chi connectivity index (χ2n) is 3.79. The number of ether oxygens (including phenoxy) is 1. The van der Waals surface area contributed by atoms with Gasteiger partial charge in [0.25, 0.3) is 0 Å². The minimum atomic E-state index is -0.790. The van der Waals surface area contributed by atoms with Crippen molar-refractivity contribution in [3.8, 4) is 0 Å². The van der Waals surface area contributed by atoms with Crippen LogP contribution in [0.5, 0.6) is 0 Å². The summed E-state index contributed by atoms with van der Waals surface area (Å²) in [6, 6.07) is -0.445. The van der Waals surface area contributed by atoms with Gasteiger partial charge in [-0.3, -0.25) is 4.79 Å². The average Bonchev–Trinajstić information content (AvgIpc) is 2.64. The molecule has 0 aromatic rings. The van der Waals surface area contributed by atoms with Gasteiger partial charge in [0.1, 0.15) is 6.04 Å². The van der Waals surface area contributed by atoms with Gasteiger partial charge in [-0.05, 0) is 39.2 Å². The number of nitrogens with one attached hydrogen (secondary N) is 1. The lowest BCUT2D eigenvalue weighted by Gasteiger charge is -2.11. The molecule has 0 radical (unpaired) electrons. The average molecular weight is 201 g/mol. The molecule has 1 fully saturated rings. The van der Waals surface area contributed by atoms with Crippen LogP contribution < -0.4 is 5.32 Å². The lowest BCUT2D eigenvalue weighted by molar-refractivity contribution is -0.138. The van der Waals surface area contributed by atoms with E-state index < -0.39 is 12.0 Å². The van der Waals surface area contributed by atoms with Crippen LogP contribution in [0.2, 0.25) is 0 Å². The van der Waals surface area contributed by atoms with Gasteiger partial charge in [0.2, 0.25) is 0 Å². The van der Waals surface area contributed by atoms with Crippen molar-refractivity contribution in [3.05, 3.63) is 0 Å². The van der Waals surface area contributed by atoms with Crippen molar-refractivity contribution in [1.29, 1.82) is 0 Å². The minimum absolute atomic E-state index is 0.414. The molecule has 1 heterocycles. The number of carbonyl (C=O) groups is 1. The largest absolute Gasteiger partial charge is 0.480 e. The molecule has 4 nitrogen and oxygen atoms in total. The van der Waals surface area contributed by atoms with Gasteiger partial charge in [-0.2, -0.15) is 0 Å². The van der Waals surface area contributed by atoms with E-state index in [1.54, 1.807) is 6.92 Å². The molecule has 1 rings (SSSR count). The Kier molecular flexibility index (Phi) is 4.90. The van der Waals surface area contributed by atoms with Crippen LogP contribution >= 0.6 is 0 Å². The molecule has 0 aliphatic carbocycles. The standard InChI is InChI=1S/C10H19NO3/c1-8(10(12)13)11-6-2-4-9-5-3-7-14-9/h8-9,11H,2-7H2,1H3,(H,12,13). The van der Waals surface area contributed by atoms with Gasteiger partial charge < -0.3 is 15.2 Å². The highest BCUT2D eigenvalue weighted by molar-refractivity contribution is 5.72. The molecular formula is C10H19NO3. The molecule has 0 aromatic carbocycles. The lowest BCUT2D eigenvalue weighted by atomic mass is 10.1. The summed E-state index contributed by atoms with van der Waals surface area (Å²) in [6.07, 6.45) is 4.77. The topological polar surface area (TPSA) is 58.6 Å². The third-order valence-corrected chi connectivity index (χ3v) is 2.55. The molecule has 0 aromatic heterocycles. The van der Waals surface area contributed by atoms with E-state index in [4.69, 9.17) is 9.84 Å². The van der Waals surface area contributed by atoms with Crippen molar-refractivity contribution in [3.63, 3.8) is 0 Å². The van der Waals surface area contributed by atoms with Crippen molar-refractivity contribution in [2.24, 2.45) is 0 Å². The number of hydrogen-bond acceptors (Lipinski definition) is 3. The van der Waals surface area contributed by atoms with Gasteiger partial charge in [-0.25, -0.2) is 0 Å². The maximum Gasteiger partial charge on any atom is 0.320 e. The molecule has 0 saturated carbocycles. The summed E-state index contributed by atoms with van der Waals surface area (Å²) < 4.78 is 5.46. The Morgan fingerprint density at radius 2 is 2.50 bits per heavy atom. The molecule has 1 saturated heterocycles. The molecule has 0 bridgehead atoms. The van der Waals surface area contributed by atoms with Crippen molar-refractivity contribution in [2.45, 2.75) is 44.8 Å². The highest BCUT2D eigenvalue weighted by atomic mass is 16.5. The van der Waals surface area contributed by atoms with Crippen LogP contribution in [0.4, 0.5) is 0 Å². The third-order valence-electron chi connectivity index (χ3n) is 2.55. The summed E-state index contributed by atoms with van der Waals surface area (Å²) in [6.45, 7) is 3.31. The van der Waals surface area contributed by atoms with Gasteiger partial charge in [-0.1, -0.05) is 0 Å². The molecule has 2 atom stereocenters. The SMILES string of the molecule is CC(NCCCC1CCCO1)C(=O)O. The smallest absolute Gasteiger partial charge is 0.320 e. The second kappa shape index (κ2) is 5.98. The molecule has 0 amide bonds. The monoisotopic (exact) mass is 201 g/mol. The molecule has 14 heavy (non-hydrogen) atoms. The van der Waals surface area contributed by atoms with Crippen LogP contribution in [0.1, 0.15) is 32.6 Å². The first-order valence-corrected chi connectivity index (χ1v) is 5.28. The Balaban J connectivity index is 1.95. The zero-order valence-electron chi connectivity index (χ0n) is 8.66. The molecule has 82 valence electrons. The van der Waals surface area contributed by atoms with Crippen LogP contribution in [0.25, 0.3) is 0 Å². The van der Waals surface area contributed by atoms with Gasteiger partial charge in [-0.15, -0.1) is 0 Å². The Labute approximate surface area is 84.6 Å². The van der Waals surface area contributed by atoms with Gasteiger partial charge in [0.15, 0.2) is 0 Å². The van der Waals surface area contributed by atoms with E-state index in [0.29, 0.717) is 6.10 Å². The van der Waals surface area contributed by atoms with E-state index in [-0.39, 0.29) is 0 Å². The first kappa shape index (κ1) is 11.5. The number of aliphatic carboxylic acids is 1. The minimum Gasteiger partial charge on any atom is -0.480 e. The van der Waals surface area contributed by atoms with E-state index in [1.165, 1.54) is 6.42 Å². The molecule has 1 aliphatic rings. The number of carboxylic acids is 1. The second-order valence-corrected chi connectivity index (χ2v) is 3.79. The first-order valence-electron chi connectivity index (χ1n) is 5.28. The van der Waals surface area contributed by atoms with Crippen molar-refractivity contribution in [1.82, 2.24) is 5.32 Å². The van der Waals surface area contributed by atoms with Crippen molar-refractivity contribution in [2.75, 3.05) is 13.2 Å². The van der Waals surface area contributed by atoms with E-state index in [2.05, 4.69) is 5.32 Å². The number of carboxylic acid groups (broad SMARTS) is 1. The third kappa shape index (κ3) is 4.07. The summed E-state index contributed by atoms with van der Waals surface area (Å²) in [5.41, 5.74) is 0. The van der Waals surface area contributed by atoms with E-state index in [0.717, 1.165) is 32.4 Å². The van der Waals surface area contributed by atoms with Crippen LogP contribution in [0, 0.1) is 0 Å². The fourth-order valence-electron chi connectivity index (χ4n) is 1.61. The maximum atomic E-state index is 10.5. The summed E-state index contributed by atoms with van der Waals surface area (Å²) in [5.74, 6) is -0.790. The zero-order chi connectivity index (χ0) is 10.4. The molecule has 2 N–H and O–H groups in total. The van der Waals surface area contributed by atoms with Crippen LogP contribution in [0.3, 0.4) is 0 Å². The molecule has 0 spiro atoms. The Morgan fingerprint density at radius 1 is 1.71 bits per heavy atom. The molecular weight excluding hydrogens is 182 g/mol.